The van der Waals surface area contributed by atoms with E-state index in [0.29, 0.717) is 5.54 Å². The summed E-state index contributed by atoms with van der Waals surface area (Å²) in [6.45, 7) is 5.82. The SMILES string of the molecule is COc1ccc(CC2(CC(C)C)CCCCN2)cc1. The Kier molecular flexibility index (Phi) is 4.87. The highest BCUT2D eigenvalue weighted by molar-refractivity contribution is 5.28. The lowest BCUT2D eigenvalue weighted by Crippen LogP contribution is -2.51. The predicted octanol–water partition coefficient (Wildman–Crippen LogP) is 3.80. The summed E-state index contributed by atoms with van der Waals surface area (Å²) in [6, 6.07) is 8.55. The van der Waals surface area contributed by atoms with Crippen LogP contribution < -0.4 is 10.1 Å². The molecular weight excluding hydrogens is 234 g/mol. The Balaban J connectivity index is 2.09. The third-order valence-electron chi connectivity index (χ3n) is 4.08. The fraction of sp³-hybridized carbons (Fsp3) is 0.647. The van der Waals surface area contributed by atoms with Crippen LogP contribution in [-0.2, 0) is 6.42 Å². The molecule has 0 saturated carbocycles. The topological polar surface area (TPSA) is 21.3 Å². The summed E-state index contributed by atoms with van der Waals surface area (Å²) < 4.78 is 5.23. The van der Waals surface area contributed by atoms with Gasteiger partial charge in [-0.2, -0.15) is 0 Å². The second kappa shape index (κ2) is 6.42. The van der Waals surface area contributed by atoms with Crippen LogP contribution >= 0.6 is 0 Å². The third kappa shape index (κ3) is 3.97. The van der Waals surface area contributed by atoms with Gasteiger partial charge in [0.25, 0.3) is 0 Å². The number of nitrogens with one attached hydrogen (secondary N) is 1. The first-order valence-corrected chi connectivity index (χ1v) is 7.51. The van der Waals surface area contributed by atoms with Gasteiger partial charge in [0.05, 0.1) is 7.11 Å². The fourth-order valence-electron chi connectivity index (χ4n) is 3.34. The molecule has 2 nitrogen and oxygen atoms in total. The van der Waals surface area contributed by atoms with Crippen LogP contribution in [0, 0.1) is 5.92 Å². The summed E-state index contributed by atoms with van der Waals surface area (Å²) in [4.78, 5) is 0. The van der Waals surface area contributed by atoms with E-state index in [0.717, 1.165) is 18.1 Å². The van der Waals surface area contributed by atoms with Crippen molar-refractivity contribution in [2.24, 2.45) is 5.92 Å². The Morgan fingerprint density at radius 3 is 2.47 bits per heavy atom. The lowest BCUT2D eigenvalue weighted by Gasteiger charge is -2.40. The second-order valence-electron chi connectivity index (χ2n) is 6.29. The van der Waals surface area contributed by atoms with Gasteiger partial charge >= 0.3 is 0 Å². The van der Waals surface area contributed by atoms with Crippen molar-refractivity contribution in [2.75, 3.05) is 13.7 Å². The van der Waals surface area contributed by atoms with Crippen molar-refractivity contribution in [3.63, 3.8) is 0 Å². The number of hydrogen-bond acceptors (Lipinski definition) is 2. The highest BCUT2D eigenvalue weighted by atomic mass is 16.5. The molecule has 1 saturated heterocycles. The molecule has 1 aliphatic heterocycles. The molecule has 0 aromatic heterocycles. The first-order chi connectivity index (χ1) is 9.13. The molecule has 1 heterocycles. The molecule has 1 aromatic rings. The average molecular weight is 261 g/mol. The Bertz CT molecular complexity index is 377. The zero-order valence-corrected chi connectivity index (χ0v) is 12.5. The highest BCUT2D eigenvalue weighted by Gasteiger charge is 2.32. The van der Waals surface area contributed by atoms with Gasteiger partial charge in [-0.1, -0.05) is 32.4 Å². The molecule has 0 spiro atoms. The quantitative estimate of drug-likeness (QED) is 0.870. The Morgan fingerprint density at radius 2 is 1.95 bits per heavy atom. The minimum Gasteiger partial charge on any atom is -0.497 e. The van der Waals surface area contributed by atoms with E-state index in [9.17, 15) is 0 Å². The molecule has 0 bridgehead atoms. The van der Waals surface area contributed by atoms with Crippen molar-refractivity contribution < 1.29 is 4.74 Å². The molecule has 19 heavy (non-hydrogen) atoms. The van der Waals surface area contributed by atoms with Crippen molar-refractivity contribution in [3.8, 4) is 5.75 Å². The summed E-state index contributed by atoms with van der Waals surface area (Å²) in [5.74, 6) is 1.68. The first kappa shape index (κ1) is 14.4. The average Bonchev–Trinajstić information content (AvgIpc) is 2.39. The van der Waals surface area contributed by atoms with Gasteiger partial charge in [0.15, 0.2) is 0 Å². The lowest BCUT2D eigenvalue weighted by atomic mass is 9.77. The molecule has 1 atom stereocenters. The number of ether oxygens (including phenoxy) is 1. The molecule has 1 aromatic carbocycles. The van der Waals surface area contributed by atoms with Crippen molar-refractivity contribution in [2.45, 2.75) is 51.5 Å². The highest BCUT2D eigenvalue weighted by Crippen LogP contribution is 2.30. The summed E-state index contributed by atoms with van der Waals surface area (Å²) in [5.41, 5.74) is 1.72. The van der Waals surface area contributed by atoms with E-state index < -0.39 is 0 Å². The molecule has 2 heteroatoms. The Labute approximate surface area is 117 Å². The molecule has 1 unspecified atom stereocenters. The van der Waals surface area contributed by atoms with E-state index in [4.69, 9.17) is 4.74 Å². The smallest absolute Gasteiger partial charge is 0.118 e. The molecule has 1 aliphatic rings. The Morgan fingerprint density at radius 1 is 1.21 bits per heavy atom. The van der Waals surface area contributed by atoms with E-state index >= 15 is 0 Å². The zero-order chi connectivity index (χ0) is 13.7. The molecule has 1 fully saturated rings. The van der Waals surface area contributed by atoms with Crippen molar-refractivity contribution in [3.05, 3.63) is 29.8 Å². The van der Waals surface area contributed by atoms with Gasteiger partial charge in [-0.3, -0.25) is 0 Å². The van der Waals surface area contributed by atoms with Gasteiger partial charge in [0.1, 0.15) is 5.75 Å². The van der Waals surface area contributed by atoms with E-state index in [1.807, 2.05) is 0 Å². The van der Waals surface area contributed by atoms with Crippen molar-refractivity contribution in [1.29, 1.82) is 0 Å². The monoisotopic (exact) mass is 261 g/mol. The molecular formula is C17H27NO. The molecule has 2 rings (SSSR count). The maximum Gasteiger partial charge on any atom is 0.118 e. The van der Waals surface area contributed by atoms with Gasteiger partial charge in [0, 0.05) is 5.54 Å². The second-order valence-corrected chi connectivity index (χ2v) is 6.29. The Hall–Kier alpha value is -1.02. The van der Waals surface area contributed by atoms with Gasteiger partial charge in [-0.05, 0) is 55.8 Å². The minimum atomic E-state index is 0.307. The number of methoxy groups -OCH3 is 1. The molecule has 1 N–H and O–H groups in total. The normalized spacial score (nSPS) is 23.6. The predicted molar refractivity (Wildman–Crippen MR) is 80.7 cm³/mol. The number of rotatable bonds is 5. The van der Waals surface area contributed by atoms with Crippen LogP contribution in [0.5, 0.6) is 5.75 Å². The molecule has 106 valence electrons. The lowest BCUT2D eigenvalue weighted by molar-refractivity contribution is 0.210. The van der Waals surface area contributed by atoms with E-state index in [-0.39, 0.29) is 0 Å². The first-order valence-electron chi connectivity index (χ1n) is 7.51. The van der Waals surface area contributed by atoms with Crippen LogP contribution in [0.25, 0.3) is 0 Å². The third-order valence-corrected chi connectivity index (χ3v) is 4.08. The largest absolute Gasteiger partial charge is 0.497 e. The standard InChI is InChI=1S/C17H27NO/c1-14(2)12-17(10-4-5-11-18-17)13-15-6-8-16(19-3)9-7-15/h6-9,14,18H,4-5,10-13H2,1-3H3. The number of hydrogen-bond donors (Lipinski definition) is 1. The van der Waals surface area contributed by atoms with Gasteiger partial charge in [-0.15, -0.1) is 0 Å². The van der Waals surface area contributed by atoms with Crippen LogP contribution in [0.2, 0.25) is 0 Å². The number of piperidine rings is 1. The van der Waals surface area contributed by atoms with E-state index in [1.54, 1.807) is 7.11 Å². The van der Waals surface area contributed by atoms with Crippen LogP contribution in [-0.4, -0.2) is 19.2 Å². The zero-order valence-electron chi connectivity index (χ0n) is 12.5. The molecule has 0 aliphatic carbocycles. The number of benzene rings is 1. The fourth-order valence-corrected chi connectivity index (χ4v) is 3.34. The van der Waals surface area contributed by atoms with E-state index in [1.165, 1.54) is 37.8 Å². The van der Waals surface area contributed by atoms with Crippen molar-refractivity contribution in [1.82, 2.24) is 5.32 Å². The summed E-state index contributed by atoms with van der Waals surface area (Å²) in [7, 11) is 1.72. The summed E-state index contributed by atoms with van der Waals surface area (Å²) in [5, 5.41) is 3.81. The van der Waals surface area contributed by atoms with Crippen LogP contribution in [0.4, 0.5) is 0 Å². The van der Waals surface area contributed by atoms with Crippen molar-refractivity contribution >= 4 is 0 Å². The summed E-state index contributed by atoms with van der Waals surface area (Å²) >= 11 is 0. The van der Waals surface area contributed by atoms with Crippen LogP contribution in [0.1, 0.15) is 45.1 Å². The maximum absolute atomic E-state index is 5.23. The van der Waals surface area contributed by atoms with Gasteiger partial charge in [0.2, 0.25) is 0 Å². The van der Waals surface area contributed by atoms with E-state index in [2.05, 4.69) is 43.4 Å². The molecule has 0 radical (unpaired) electrons. The van der Waals surface area contributed by atoms with Crippen LogP contribution in [0.15, 0.2) is 24.3 Å². The van der Waals surface area contributed by atoms with Gasteiger partial charge < -0.3 is 10.1 Å². The maximum atomic E-state index is 5.23. The van der Waals surface area contributed by atoms with Gasteiger partial charge in [-0.25, -0.2) is 0 Å². The molecule has 0 amide bonds. The minimum absolute atomic E-state index is 0.307. The summed E-state index contributed by atoms with van der Waals surface area (Å²) in [6.07, 6.45) is 6.38. The van der Waals surface area contributed by atoms with Crippen LogP contribution in [0.3, 0.4) is 0 Å².